The van der Waals surface area contributed by atoms with Gasteiger partial charge in [-0.25, -0.2) is 15.0 Å². The minimum Gasteiger partial charge on any atom is -0.368 e. The van der Waals surface area contributed by atoms with E-state index in [0.29, 0.717) is 41.5 Å². The first kappa shape index (κ1) is 22.5. The van der Waals surface area contributed by atoms with Gasteiger partial charge in [-0.1, -0.05) is 25.4 Å². The normalized spacial score (nSPS) is 18.1. The van der Waals surface area contributed by atoms with Crippen LogP contribution in [-0.2, 0) is 16.8 Å². The number of carbonyl (C=O) groups is 1. The van der Waals surface area contributed by atoms with E-state index in [-0.39, 0.29) is 11.8 Å². The average Bonchev–Trinajstić information content (AvgIpc) is 3.50. The molecule has 4 N–H and O–H groups in total. The molecule has 0 unspecified atom stereocenters. The Morgan fingerprint density at radius 2 is 2.12 bits per heavy atom. The van der Waals surface area contributed by atoms with E-state index in [0.717, 1.165) is 35.0 Å². The Morgan fingerprint density at radius 3 is 2.91 bits per heavy atom. The monoisotopic (exact) mass is 478 g/mol. The van der Waals surface area contributed by atoms with Crippen molar-refractivity contribution in [2.24, 2.45) is 5.92 Å². The fraction of sp³-hybridized carbons (Fsp3) is 0.375. The first-order chi connectivity index (χ1) is 16.5. The summed E-state index contributed by atoms with van der Waals surface area (Å²) in [4.78, 5) is 33.4. The lowest BCUT2D eigenvalue weighted by Gasteiger charge is -2.34. The molecule has 1 saturated heterocycles. The van der Waals surface area contributed by atoms with Crippen LogP contribution in [0.5, 0.6) is 0 Å². The summed E-state index contributed by atoms with van der Waals surface area (Å²) in [5.74, 6) is 0.569. The number of amides is 1. The number of fused-ring (bicyclic) bond motifs is 2. The second-order valence-electron chi connectivity index (χ2n) is 8.94. The summed E-state index contributed by atoms with van der Waals surface area (Å²) in [6, 6.07) is 5.87. The van der Waals surface area contributed by atoms with Crippen molar-refractivity contribution in [1.29, 1.82) is 0 Å². The Hall–Kier alpha value is -3.30. The highest BCUT2D eigenvalue weighted by Gasteiger charge is 2.41. The SMILES string of the molecule is CC(C)C(=O)N[C@]1(c2c(CCNc3ncnc4[nH]cnc34)cc(Cl)c3cccnc23)CCNC1. The van der Waals surface area contributed by atoms with Gasteiger partial charge in [0.1, 0.15) is 11.8 Å². The minimum atomic E-state index is -0.557. The maximum Gasteiger partial charge on any atom is 0.223 e. The molecule has 1 aliphatic rings. The molecule has 9 nitrogen and oxygen atoms in total. The molecule has 4 aromatic rings. The van der Waals surface area contributed by atoms with Crippen LogP contribution in [0.1, 0.15) is 31.4 Å². The minimum absolute atomic E-state index is 0.0220. The van der Waals surface area contributed by atoms with Crippen molar-refractivity contribution in [2.45, 2.75) is 32.2 Å². The smallest absolute Gasteiger partial charge is 0.223 e. The molecular weight excluding hydrogens is 452 g/mol. The Kier molecular flexibility index (Phi) is 6.05. The molecule has 1 aliphatic heterocycles. The molecule has 0 aliphatic carbocycles. The van der Waals surface area contributed by atoms with E-state index >= 15 is 0 Å². The van der Waals surface area contributed by atoms with E-state index in [2.05, 4.69) is 35.9 Å². The lowest BCUT2D eigenvalue weighted by molar-refractivity contribution is -0.125. The van der Waals surface area contributed by atoms with Gasteiger partial charge in [-0.3, -0.25) is 9.78 Å². The van der Waals surface area contributed by atoms with Crippen LogP contribution in [0.25, 0.3) is 22.1 Å². The maximum atomic E-state index is 12.9. The van der Waals surface area contributed by atoms with Gasteiger partial charge in [0.25, 0.3) is 0 Å². The van der Waals surface area contributed by atoms with E-state index in [1.807, 2.05) is 32.0 Å². The van der Waals surface area contributed by atoms with E-state index < -0.39 is 5.54 Å². The number of nitrogens with one attached hydrogen (secondary N) is 4. The molecule has 1 aromatic carbocycles. The molecule has 1 atom stereocenters. The number of carbonyl (C=O) groups excluding carboxylic acids is 1. The van der Waals surface area contributed by atoms with Gasteiger partial charge in [0, 0.05) is 36.2 Å². The summed E-state index contributed by atoms with van der Waals surface area (Å²) in [5.41, 5.74) is 3.72. The fourth-order valence-corrected chi connectivity index (χ4v) is 4.93. The lowest BCUT2D eigenvalue weighted by atomic mass is 9.82. The van der Waals surface area contributed by atoms with Gasteiger partial charge in [0.05, 0.1) is 22.4 Å². The van der Waals surface area contributed by atoms with Crippen LogP contribution in [0.3, 0.4) is 0 Å². The van der Waals surface area contributed by atoms with Crippen LogP contribution in [0, 0.1) is 5.92 Å². The van der Waals surface area contributed by atoms with Crippen LogP contribution in [0.15, 0.2) is 37.1 Å². The van der Waals surface area contributed by atoms with Crippen molar-refractivity contribution in [3.63, 3.8) is 0 Å². The Morgan fingerprint density at radius 1 is 1.24 bits per heavy atom. The molecule has 0 bridgehead atoms. The van der Waals surface area contributed by atoms with Crippen LogP contribution >= 0.6 is 11.6 Å². The number of aromatic amines is 1. The molecule has 0 radical (unpaired) electrons. The zero-order valence-electron chi connectivity index (χ0n) is 19.2. The number of imidazole rings is 1. The predicted octanol–water partition coefficient (Wildman–Crippen LogP) is 3.17. The van der Waals surface area contributed by atoms with Crippen LogP contribution in [0.4, 0.5) is 5.82 Å². The van der Waals surface area contributed by atoms with Gasteiger partial charge in [-0.05, 0) is 43.1 Å². The number of hydrogen-bond acceptors (Lipinski definition) is 7. The number of halogens is 1. The van der Waals surface area contributed by atoms with Gasteiger partial charge in [0.15, 0.2) is 11.5 Å². The van der Waals surface area contributed by atoms with Crippen molar-refractivity contribution in [2.75, 3.05) is 25.0 Å². The molecule has 34 heavy (non-hydrogen) atoms. The largest absolute Gasteiger partial charge is 0.368 e. The third-order valence-electron chi connectivity index (χ3n) is 6.35. The highest BCUT2D eigenvalue weighted by molar-refractivity contribution is 6.35. The van der Waals surface area contributed by atoms with Crippen molar-refractivity contribution in [3.05, 3.63) is 53.2 Å². The summed E-state index contributed by atoms with van der Waals surface area (Å²) in [6.45, 7) is 5.87. The summed E-state index contributed by atoms with van der Waals surface area (Å²) in [6.07, 6.45) is 6.33. The van der Waals surface area contributed by atoms with Crippen molar-refractivity contribution < 1.29 is 4.79 Å². The van der Waals surface area contributed by atoms with Gasteiger partial charge < -0.3 is 20.9 Å². The second-order valence-corrected chi connectivity index (χ2v) is 9.35. The van der Waals surface area contributed by atoms with E-state index in [1.54, 1.807) is 12.5 Å². The number of rotatable bonds is 7. The van der Waals surface area contributed by atoms with Crippen LogP contribution in [-0.4, -0.2) is 50.5 Å². The molecule has 0 saturated carbocycles. The molecule has 5 rings (SSSR count). The first-order valence-corrected chi connectivity index (χ1v) is 11.8. The number of anilines is 1. The van der Waals surface area contributed by atoms with Crippen molar-refractivity contribution in [3.8, 4) is 0 Å². The van der Waals surface area contributed by atoms with Gasteiger partial charge >= 0.3 is 0 Å². The van der Waals surface area contributed by atoms with Gasteiger partial charge in [0.2, 0.25) is 5.91 Å². The Balaban J connectivity index is 1.54. The number of aromatic nitrogens is 5. The van der Waals surface area contributed by atoms with Gasteiger partial charge in [-0.15, -0.1) is 0 Å². The van der Waals surface area contributed by atoms with Gasteiger partial charge in [-0.2, -0.15) is 0 Å². The molecule has 1 fully saturated rings. The summed E-state index contributed by atoms with van der Waals surface area (Å²) < 4.78 is 0. The molecule has 176 valence electrons. The maximum absolute atomic E-state index is 12.9. The summed E-state index contributed by atoms with van der Waals surface area (Å²) in [5, 5.41) is 11.7. The van der Waals surface area contributed by atoms with E-state index in [4.69, 9.17) is 16.6 Å². The quantitative estimate of drug-likeness (QED) is 0.322. The molecular formula is C24H27ClN8O. The fourth-order valence-electron chi connectivity index (χ4n) is 4.65. The number of H-pyrrole nitrogens is 1. The van der Waals surface area contributed by atoms with E-state index in [1.165, 1.54) is 6.33 Å². The first-order valence-electron chi connectivity index (χ1n) is 11.5. The molecule has 0 spiro atoms. The Bertz CT molecular complexity index is 1350. The van der Waals surface area contributed by atoms with Crippen molar-refractivity contribution in [1.82, 2.24) is 35.6 Å². The van der Waals surface area contributed by atoms with Crippen LogP contribution in [0.2, 0.25) is 5.02 Å². The Labute approximate surface area is 202 Å². The highest BCUT2D eigenvalue weighted by atomic mass is 35.5. The third-order valence-corrected chi connectivity index (χ3v) is 6.66. The third kappa shape index (κ3) is 4.05. The molecule has 10 heteroatoms. The number of nitrogens with zero attached hydrogens (tertiary/aromatic N) is 4. The number of benzene rings is 1. The summed E-state index contributed by atoms with van der Waals surface area (Å²) >= 11 is 6.70. The molecule has 4 heterocycles. The average molecular weight is 479 g/mol. The predicted molar refractivity (Wildman–Crippen MR) is 133 cm³/mol. The topological polar surface area (TPSA) is 121 Å². The lowest BCUT2D eigenvalue weighted by Crippen LogP contribution is -2.49. The number of hydrogen-bond donors (Lipinski definition) is 4. The zero-order chi connectivity index (χ0) is 23.7. The van der Waals surface area contributed by atoms with E-state index in [9.17, 15) is 4.79 Å². The molecule has 3 aromatic heterocycles. The number of pyridine rings is 1. The van der Waals surface area contributed by atoms with Crippen molar-refractivity contribution >= 4 is 45.4 Å². The highest BCUT2D eigenvalue weighted by Crippen LogP contribution is 2.38. The standard InChI is InChI=1S/C24H27ClN8O/c1-14(2)23(34)33-24(6-9-26-11-24)18-15(10-17(25)16-4-3-7-27-19(16)18)5-8-28-21-20-22(30-12-29-20)32-13-31-21/h3-4,7,10,12-14,26H,5-6,8-9,11H2,1-2H3,(H,33,34)(H2,28,29,30,31,32)/t24-/m1/s1. The summed E-state index contributed by atoms with van der Waals surface area (Å²) in [7, 11) is 0. The second kappa shape index (κ2) is 9.15. The van der Waals surface area contributed by atoms with Crippen LogP contribution < -0.4 is 16.0 Å². The zero-order valence-corrected chi connectivity index (χ0v) is 19.9. The molecule has 1 amide bonds.